The molecule has 2 aromatic rings. The second-order valence-electron chi connectivity index (χ2n) is 7.46. The second kappa shape index (κ2) is 7.85. The molecule has 2 aromatic heterocycles. The van der Waals surface area contributed by atoms with E-state index in [9.17, 15) is 4.79 Å². The predicted octanol–water partition coefficient (Wildman–Crippen LogP) is 3.00. The lowest BCUT2D eigenvalue weighted by Crippen LogP contribution is -2.49. The van der Waals surface area contributed by atoms with Crippen molar-refractivity contribution in [3.63, 3.8) is 0 Å². The average Bonchev–Trinajstić information content (AvgIpc) is 3.12. The van der Waals surface area contributed by atoms with E-state index >= 15 is 0 Å². The molecule has 1 aliphatic rings. The zero-order valence-electron chi connectivity index (χ0n) is 15.9. The minimum absolute atomic E-state index is 0.000454. The van der Waals surface area contributed by atoms with E-state index in [0.29, 0.717) is 11.7 Å². The minimum atomic E-state index is -0.000454. The fourth-order valence-electron chi connectivity index (χ4n) is 2.98. The third-order valence-electron chi connectivity index (χ3n) is 4.57. The van der Waals surface area contributed by atoms with Crippen molar-refractivity contribution in [2.75, 3.05) is 18.0 Å². The van der Waals surface area contributed by atoms with E-state index in [1.165, 1.54) is 0 Å². The number of anilines is 1. The first-order valence-corrected chi connectivity index (χ1v) is 9.29. The largest absolute Gasteiger partial charge is 0.355 e. The van der Waals surface area contributed by atoms with Crippen molar-refractivity contribution in [1.29, 1.82) is 0 Å². The Labute approximate surface area is 154 Å². The van der Waals surface area contributed by atoms with Crippen molar-refractivity contribution in [2.45, 2.75) is 52.5 Å². The monoisotopic (exact) mass is 357 g/mol. The molecule has 0 saturated carbocycles. The summed E-state index contributed by atoms with van der Waals surface area (Å²) in [6.45, 7) is 9.58. The van der Waals surface area contributed by atoms with Crippen LogP contribution in [0.15, 0.2) is 22.9 Å². The quantitative estimate of drug-likeness (QED) is 0.885. The Kier molecular flexibility index (Phi) is 5.54. The number of hydrogen-bond donors (Lipinski definition) is 1. The van der Waals surface area contributed by atoms with Gasteiger partial charge < -0.3 is 14.7 Å². The maximum Gasteiger partial charge on any atom is 0.258 e. The van der Waals surface area contributed by atoms with Crippen LogP contribution in [0.1, 0.15) is 52.3 Å². The van der Waals surface area contributed by atoms with Crippen molar-refractivity contribution in [1.82, 2.24) is 20.4 Å². The van der Waals surface area contributed by atoms with Crippen molar-refractivity contribution >= 4 is 11.7 Å². The molecular formula is C19H27N5O2. The molecule has 1 saturated heterocycles. The van der Waals surface area contributed by atoms with Gasteiger partial charge in [-0.2, -0.15) is 4.98 Å². The number of hydrogen-bond acceptors (Lipinski definition) is 6. The topological polar surface area (TPSA) is 84.2 Å². The van der Waals surface area contributed by atoms with E-state index in [4.69, 9.17) is 4.52 Å². The van der Waals surface area contributed by atoms with Crippen molar-refractivity contribution < 1.29 is 9.32 Å². The maximum atomic E-state index is 12.0. The third-order valence-corrected chi connectivity index (χ3v) is 4.57. The van der Waals surface area contributed by atoms with E-state index in [0.717, 1.165) is 37.3 Å². The first-order chi connectivity index (χ1) is 12.4. The van der Waals surface area contributed by atoms with Crippen LogP contribution < -0.4 is 10.2 Å². The molecule has 1 fully saturated rings. The lowest BCUT2D eigenvalue weighted by Gasteiger charge is -2.34. The number of amides is 1. The molecule has 7 nitrogen and oxygen atoms in total. The SMILES string of the molecule is CC(C)C(=O)NC1CCCN(c2cc(-c3nc(C(C)C)no3)ccn2)C1. The summed E-state index contributed by atoms with van der Waals surface area (Å²) in [5.41, 5.74) is 0.864. The van der Waals surface area contributed by atoms with E-state index in [2.05, 4.69) is 25.3 Å². The Balaban J connectivity index is 1.73. The number of piperidine rings is 1. The molecule has 1 N–H and O–H groups in total. The first-order valence-electron chi connectivity index (χ1n) is 9.29. The molecule has 0 bridgehead atoms. The Morgan fingerprint density at radius 3 is 2.85 bits per heavy atom. The van der Waals surface area contributed by atoms with Gasteiger partial charge in [-0.25, -0.2) is 4.98 Å². The van der Waals surface area contributed by atoms with Crippen LogP contribution >= 0.6 is 0 Å². The highest BCUT2D eigenvalue weighted by atomic mass is 16.5. The Bertz CT molecular complexity index is 756. The molecule has 1 aliphatic heterocycles. The van der Waals surface area contributed by atoms with E-state index in [-0.39, 0.29) is 23.8 Å². The smallest absolute Gasteiger partial charge is 0.258 e. The van der Waals surface area contributed by atoms with E-state index in [1.807, 2.05) is 39.8 Å². The summed E-state index contributed by atoms with van der Waals surface area (Å²) in [6, 6.07) is 4.01. The van der Waals surface area contributed by atoms with Crippen LogP contribution in [0.2, 0.25) is 0 Å². The van der Waals surface area contributed by atoms with Gasteiger partial charge in [0.25, 0.3) is 5.89 Å². The summed E-state index contributed by atoms with van der Waals surface area (Å²) in [5, 5.41) is 7.16. The molecule has 0 aliphatic carbocycles. The molecule has 7 heteroatoms. The number of carbonyl (C=O) groups excluding carboxylic acids is 1. The normalized spacial score (nSPS) is 17.8. The van der Waals surface area contributed by atoms with Crippen LogP contribution in [0.3, 0.4) is 0 Å². The molecule has 140 valence electrons. The zero-order valence-corrected chi connectivity index (χ0v) is 15.9. The fraction of sp³-hybridized carbons (Fsp3) is 0.579. The van der Waals surface area contributed by atoms with Gasteiger partial charge in [-0.05, 0) is 25.0 Å². The lowest BCUT2D eigenvalue weighted by molar-refractivity contribution is -0.124. The number of pyridine rings is 1. The predicted molar refractivity (Wildman–Crippen MR) is 99.8 cm³/mol. The van der Waals surface area contributed by atoms with Gasteiger partial charge in [-0.15, -0.1) is 0 Å². The Morgan fingerprint density at radius 1 is 1.35 bits per heavy atom. The van der Waals surface area contributed by atoms with Gasteiger partial charge in [0.05, 0.1) is 0 Å². The summed E-state index contributed by atoms with van der Waals surface area (Å²) in [6.07, 6.45) is 3.78. The summed E-state index contributed by atoms with van der Waals surface area (Å²) in [4.78, 5) is 23.1. The van der Waals surface area contributed by atoms with Crippen LogP contribution in [-0.4, -0.2) is 40.2 Å². The fourth-order valence-corrected chi connectivity index (χ4v) is 2.98. The molecule has 0 spiro atoms. The summed E-state index contributed by atoms with van der Waals surface area (Å²) < 4.78 is 5.39. The highest BCUT2D eigenvalue weighted by molar-refractivity contribution is 5.78. The molecule has 0 radical (unpaired) electrons. The van der Waals surface area contributed by atoms with Gasteiger partial charge in [0, 0.05) is 42.7 Å². The molecule has 1 amide bonds. The molecule has 1 atom stereocenters. The number of aromatic nitrogens is 3. The van der Waals surface area contributed by atoms with Gasteiger partial charge >= 0.3 is 0 Å². The standard InChI is InChI=1S/C19H27N5O2/c1-12(2)17-22-19(26-23-17)14-7-8-20-16(10-14)24-9-5-6-15(11-24)21-18(25)13(3)4/h7-8,10,12-13,15H,5-6,9,11H2,1-4H3,(H,21,25). The van der Waals surface area contributed by atoms with E-state index < -0.39 is 0 Å². The van der Waals surface area contributed by atoms with Gasteiger partial charge in [0.1, 0.15) is 5.82 Å². The lowest BCUT2D eigenvalue weighted by atomic mass is 10.0. The number of carbonyl (C=O) groups is 1. The summed E-state index contributed by atoms with van der Waals surface area (Å²) >= 11 is 0. The van der Waals surface area contributed by atoms with Crippen LogP contribution in [0.5, 0.6) is 0 Å². The molecule has 0 aromatic carbocycles. The zero-order chi connectivity index (χ0) is 18.7. The summed E-state index contributed by atoms with van der Waals surface area (Å²) in [5.74, 6) is 2.41. The van der Waals surface area contributed by atoms with Crippen LogP contribution in [-0.2, 0) is 4.79 Å². The van der Waals surface area contributed by atoms with Crippen LogP contribution in [0.4, 0.5) is 5.82 Å². The molecule has 3 rings (SSSR count). The molecule has 1 unspecified atom stereocenters. The van der Waals surface area contributed by atoms with Crippen LogP contribution in [0.25, 0.3) is 11.5 Å². The molecule has 3 heterocycles. The Morgan fingerprint density at radius 2 is 2.15 bits per heavy atom. The first kappa shape index (κ1) is 18.4. The third kappa shape index (κ3) is 4.20. The van der Waals surface area contributed by atoms with Crippen molar-refractivity contribution in [3.8, 4) is 11.5 Å². The highest BCUT2D eigenvalue weighted by Gasteiger charge is 2.23. The van der Waals surface area contributed by atoms with Gasteiger partial charge in [-0.1, -0.05) is 32.9 Å². The summed E-state index contributed by atoms with van der Waals surface area (Å²) in [7, 11) is 0. The Hall–Kier alpha value is -2.44. The average molecular weight is 357 g/mol. The number of nitrogens with zero attached hydrogens (tertiary/aromatic N) is 4. The molecule has 26 heavy (non-hydrogen) atoms. The van der Waals surface area contributed by atoms with Crippen molar-refractivity contribution in [3.05, 3.63) is 24.2 Å². The maximum absolute atomic E-state index is 12.0. The minimum Gasteiger partial charge on any atom is -0.355 e. The van der Waals surface area contributed by atoms with Gasteiger partial charge in [-0.3, -0.25) is 4.79 Å². The number of nitrogens with one attached hydrogen (secondary N) is 1. The van der Waals surface area contributed by atoms with Gasteiger partial charge in [0.2, 0.25) is 5.91 Å². The van der Waals surface area contributed by atoms with Crippen molar-refractivity contribution in [2.24, 2.45) is 5.92 Å². The second-order valence-corrected chi connectivity index (χ2v) is 7.46. The van der Waals surface area contributed by atoms with Crippen LogP contribution in [0, 0.1) is 5.92 Å². The molecular weight excluding hydrogens is 330 g/mol. The highest BCUT2D eigenvalue weighted by Crippen LogP contribution is 2.25. The van der Waals surface area contributed by atoms with E-state index in [1.54, 1.807) is 6.20 Å². The van der Waals surface area contributed by atoms with Gasteiger partial charge in [0.15, 0.2) is 5.82 Å². The number of rotatable bonds is 5.